The van der Waals surface area contributed by atoms with Crippen LogP contribution in [0.3, 0.4) is 0 Å². The minimum atomic E-state index is -0.425. The predicted octanol–water partition coefficient (Wildman–Crippen LogP) is 1.69. The molecular formula is C11H11FO3. The monoisotopic (exact) mass is 210 g/mol. The molecule has 1 aliphatic heterocycles. The van der Waals surface area contributed by atoms with Crippen molar-refractivity contribution >= 4 is 5.97 Å². The Balaban J connectivity index is 2.07. The summed E-state index contributed by atoms with van der Waals surface area (Å²) >= 11 is 0. The molecule has 15 heavy (non-hydrogen) atoms. The van der Waals surface area contributed by atoms with E-state index >= 15 is 0 Å². The molecule has 0 amide bonds. The average molecular weight is 210 g/mol. The van der Waals surface area contributed by atoms with Crippen molar-refractivity contribution in [1.29, 1.82) is 0 Å². The van der Waals surface area contributed by atoms with Crippen molar-refractivity contribution in [3.63, 3.8) is 0 Å². The van der Waals surface area contributed by atoms with Crippen LogP contribution < -0.4 is 0 Å². The molecule has 1 aliphatic rings. The average Bonchev–Trinajstić information content (AvgIpc) is 2.15. The zero-order valence-electron chi connectivity index (χ0n) is 8.33. The Labute approximate surface area is 86.8 Å². The summed E-state index contributed by atoms with van der Waals surface area (Å²) in [4.78, 5) is 11.5. The molecule has 4 heteroatoms. The lowest BCUT2D eigenvalue weighted by molar-refractivity contribution is -0.103. The summed E-state index contributed by atoms with van der Waals surface area (Å²) in [5, 5.41) is 0. The zero-order chi connectivity index (χ0) is 10.8. The van der Waals surface area contributed by atoms with Crippen LogP contribution in [-0.2, 0) is 9.47 Å². The maximum atomic E-state index is 12.9. The van der Waals surface area contributed by atoms with Crippen molar-refractivity contribution in [2.75, 3.05) is 13.2 Å². The molecule has 1 aromatic carbocycles. The van der Waals surface area contributed by atoms with Crippen LogP contribution in [0.15, 0.2) is 18.2 Å². The van der Waals surface area contributed by atoms with Gasteiger partial charge in [0.1, 0.15) is 11.9 Å². The molecule has 0 unspecified atom stereocenters. The first-order chi connectivity index (χ1) is 7.16. The van der Waals surface area contributed by atoms with E-state index in [2.05, 4.69) is 0 Å². The van der Waals surface area contributed by atoms with Gasteiger partial charge in [0.25, 0.3) is 0 Å². The van der Waals surface area contributed by atoms with E-state index in [4.69, 9.17) is 9.47 Å². The van der Waals surface area contributed by atoms with Gasteiger partial charge in [-0.25, -0.2) is 9.18 Å². The van der Waals surface area contributed by atoms with Gasteiger partial charge in [-0.2, -0.15) is 0 Å². The van der Waals surface area contributed by atoms with Crippen molar-refractivity contribution in [3.05, 3.63) is 35.1 Å². The molecule has 1 aromatic rings. The molecule has 1 saturated heterocycles. The molecule has 0 atom stereocenters. The number of ether oxygens (including phenoxy) is 2. The summed E-state index contributed by atoms with van der Waals surface area (Å²) in [6.45, 7) is 2.51. The second-order valence-electron chi connectivity index (χ2n) is 3.53. The number of halogens is 1. The van der Waals surface area contributed by atoms with E-state index in [1.54, 1.807) is 6.92 Å². The fourth-order valence-corrected chi connectivity index (χ4v) is 1.27. The number of carbonyl (C=O) groups is 1. The highest BCUT2D eigenvalue weighted by molar-refractivity contribution is 5.89. The lowest BCUT2D eigenvalue weighted by Gasteiger charge is -2.25. The first-order valence-electron chi connectivity index (χ1n) is 4.71. The molecule has 1 fully saturated rings. The maximum absolute atomic E-state index is 12.9. The van der Waals surface area contributed by atoms with Crippen molar-refractivity contribution in [2.45, 2.75) is 13.0 Å². The number of aryl methyl sites for hydroxylation is 1. The number of rotatable bonds is 2. The van der Waals surface area contributed by atoms with E-state index in [9.17, 15) is 9.18 Å². The van der Waals surface area contributed by atoms with Crippen LogP contribution in [-0.4, -0.2) is 25.3 Å². The molecule has 0 aliphatic carbocycles. The van der Waals surface area contributed by atoms with E-state index in [1.165, 1.54) is 18.2 Å². The van der Waals surface area contributed by atoms with Gasteiger partial charge in [0.15, 0.2) is 0 Å². The Bertz CT molecular complexity index is 385. The van der Waals surface area contributed by atoms with Gasteiger partial charge in [-0.15, -0.1) is 0 Å². The highest BCUT2D eigenvalue weighted by atomic mass is 19.1. The smallest absolute Gasteiger partial charge is 0.338 e. The van der Waals surface area contributed by atoms with Gasteiger partial charge >= 0.3 is 5.97 Å². The fraction of sp³-hybridized carbons (Fsp3) is 0.364. The molecule has 1 heterocycles. The van der Waals surface area contributed by atoms with E-state index in [0.717, 1.165) is 0 Å². The third-order valence-corrected chi connectivity index (χ3v) is 2.27. The fourth-order valence-electron chi connectivity index (χ4n) is 1.27. The Kier molecular flexibility index (Phi) is 2.68. The van der Waals surface area contributed by atoms with Crippen LogP contribution in [0, 0.1) is 12.7 Å². The molecule has 0 bridgehead atoms. The maximum Gasteiger partial charge on any atom is 0.338 e. The van der Waals surface area contributed by atoms with Crippen LogP contribution in [0.1, 0.15) is 15.9 Å². The zero-order valence-corrected chi connectivity index (χ0v) is 8.33. The van der Waals surface area contributed by atoms with Crippen molar-refractivity contribution < 1.29 is 18.7 Å². The van der Waals surface area contributed by atoms with E-state index in [0.29, 0.717) is 24.3 Å². The summed E-state index contributed by atoms with van der Waals surface area (Å²) in [5.74, 6) is -0.745. The molecule has 0 radical (unpaired) electrons. The normalized spacial score (nSPS) is 15.9. The molecule has 0 N–H and O–H groups in total. The van der Waals surface area contributed by atoms with Gasteiger partial charge in [-0.05, 0) is 30.7 Å². The van der Waals surface area contributed by atoms with Gasteiger partial charge in [-0.1, -0.05) is 0 Å². The number of hydrogen-bond donors (Lipinski definition) is 0. The Hall–Kier alpha value is -1.42. The third-order valence-electron chi connectivity index (χ3n) is 2.27. The minimum absolute atomic E-state index is 0.150. The van der Waals surface area contributed by atoms with Crippen molar-refractivity contribution in [1.82, 2.24) is 0 Å². The van der Waals surface area contributed by atoms with Crippen LogP contribution in [0.25, 0.3) is 0 Å². The quantitative estimate of drug-likeness (QED) is 0.697. The molecule has 2 rings (SSSR count). The number of esters is 1. The van der Waals surface area contributed by atoms with E-state index in [-0.39, 0.29) is 11.9 Å². The highest BCUT2D eigenvalue weighted by Crippen LogP contribution is 2.13. The SMILES string of the molecule is Cc1cc(C(=O)OC2COC2)ccc1F. The van der Waals surface area contributed by atoms with Gasteiger partial charge < -0.3 is 9.47 Å². The highest BCUT2D eigenvalue weighted by Gasteiger charge is 2.23. The Morgan fingerprint density at radius 2 is 2.27 bits per heavy atom. The van der Waals surface area contributed by atoms with Gasteiger partial charge in [-0.3, -0.25) is 0 Å². The molecule has 0 aromatic heterocycles. The number of benzene rings is 1. The first-order valence-corrected chi connectivity index (χ1v) is 4.71. The van der Waals surface area contributed by atoms with Crippen LogP contribution in [0.2, 0.25) is 0 Å². The lowest BCUT2D eigenvalue weighted by Crippen LogP contribution is -2.37. The van der Waals surface area contributed by atoms with Crippen molar-refractivity contribution in [3.8, 4) is 0 Å². The Morgan fingerprint density at radius 1 is 1.53 bits per heavy atom. The molecule has 0 spiro atoms. The predicted molar refractivity (Wildman–Crippen MR) is 51.2 cm³/mol. The summed E-state index contributed by atoms with van der Waals surface area (Å²) < 4.78 is 22.9. The molecule has 0 saturated carbocycles. The molecular weight excluding hydrogens is 199 g/mol. The molecule has 3 nitrogen and oxygen atoms in total. The van der Waals surface area contributed by atoms with Crippen LogP contribution in [0.5, 0.6) is 0 Å². The Morgan fingerprint density at radius 3 is 2.80 bits per heavy atom. The summed E-state index contributed by atoms with van der Waals surface area (Å²) in [6.07, 6.45) is -0.150. The molecule has 80 valence electrons. The van der Waals surface area contributed by atoms with Gasteiger partial charge in [0.2, 0.25) is 0 Å². The lowest BCUT2D eigenvalue weighted by atomic mass is 10.1. The second kappa shape index (κ2) is 3.98. The topological polar surface area (TPSA) is 35.5 Å². The van der Waals surface area contributed by atoms with Gasteiger partial charge in [0.05, 0.1) is 18.8 Å². The van der Waals surface area contributed by atoms with Crippen molar-refractivity contribution in [2.24, 2.45) is 0 Å². The summed E-state index contributed by atoms with van der Waals surface area (Å²) in [5.41, 5.74) is 0.815. The summed E-state index contributed by atoms with van der Waals surface area (Å²) in [6, 6.07) is 4.17. The summed E-state index contributed by atoms with van der Waals surface area (Å²) in [7, 11) is 0. The minimum Gasteiger partial charge on any atom is -0.454 e. The number of carbonyl (C=O) groups excluding carboxylic acids is 1. The third kappa shape index (κ3) is 2.15. The first kappa shape index (κ1) is 10.1. The second-order valence-corrected chi connectivity index (χ2v) is 3.53. The van der Waals surface area contributed by atoms with E-state index < -0.39 is 5.97 Å². The largest absolute Gasteiger partial charge is 0.454 e. The van der Waals surface area contributed by atoms with Gasteiger partial charge in [0, 0.05) is 0 Å². The standard InChI is InChI=1S/C11H11FO3/c1-7-4-8(2-3-10(7)12)11(13)15-9-5-14-6-9/h2-4,9H,5-6H2,1H3. The number of hydrogen-bond acceptors (Lipinski definition) is 3. The van der Waals surface area contributed by atoms with Crippen LogP contribution in [0.4, 0.5) is 4.39 Å². The van der Waals surface area contributed by atoms with E-state index in [1.807, 2.05) is 0 Å². The van der Waals surface area contributed by atoms with Crippen LogP contribution >= 0.6 is 0 Å².